The Morgan fingerprint density at radius 2 is 2.00 bits per heavy atom. The van der Waals surface area contributed by atoms with Crippen LogP contribution in [0.3, 0.4) is 0 Å². The van der Waals surface area contributed by atoms with E-state index >= 15 is 0 Å². The molecule has 22 heavy (non-hydrogen) atoms. The van der Waals surface area contributed by atoms with E-state index in [1.54, 1.807) is 13.2 Å². The van der Waals surface area contributed by atoms with Crippen LogP contribution in [-0.4, -0.2) is 42.4 Å². The molecule has 2 rings (SSSR count). The van der Waals surface area contributed by atoms with Gasteiger partial charge < -0.3 is 15.4 Å². The van der Waals surface area contributed by atoms with E-state index in [1.807, 2.05) is 6.07 Å². The number of carbonyl (C=O) groups is 1. The van der Waals surface area contributed by atoms with Gasteiger partial charge in [0.05, 0.1) is 0 Å². The number of hydrogen-bond acceptors (Lipinski definition) is 5. The van der Waals surface area contributed by atoms with Crippen LogP contribution in [0.25, 0.3) is 0 Å². The van der Waals surface area contributed by atoms with Gasteiger partial charge in [-0.2, -0.15) is 0 Å². The first kappa shape index (κ1) is 16.7. The summed E-state index contributed by atoms with van der Waals surface area (Å²) in [5.74, 6) is 0.562. The Bertz CT molecular complexity index is 442. The van der Waals surface area contributed by atoms with Crippen molar-refractivity contribution in [1.29, 1.82) is 0 Å². The summed E-state index contributed by atoms with van der Waals surface area (Å²) in [7, 11) is 1.65. The summed E-state index contributed by atoms with van der Waals surface area (Å²) in [6.45, 7) is 1.21. The van der Waals surface area contributed by atoms with E-state index in [1.165, 1.54) is 38.5 Å². The predicted molar refractivity (Wildman–Crippen MR) is 86.0 cm³/mol. The Balaban J connectivity index is 1.80. The molecule has 6 heteroatoms. The van der Waals surface area contributed by atoms with Gasteiger partial charge in [-0.1, -0.05) is 25.7 Å². The third-order valence-electron chi connectivity index (χ3n) is 3.92. The lowest BCUT2D eigenvalue weighted by Crippen LogP contribution is -2.26. The van der Waals surface area contributed by atoms with Gasteiger partial charge in [-0.25, -0.2) is 0 Å². The van der Waals surface area contributed by atoms with Gasteiger partial charge in [0.15, 0.2) is 5.69 Å². The topological polar surface area (TPSA) is 76.1 Å². The minimum atomic E-state index is -0.190. The molecule has 0 radical (unpaired) electrons. The molecular weight excluding hydrogens is 280 g/mol. The molecule has 6 nitrogen and oxygen atoms in total. The van der Waals surface area contributed by atoms with Crippen LogP contribution < -0.4 is 10.6 Å². The second-order valence-electron chi connectivity index (χ2n) is 5.74. The van der Waals surface area contributed by atoms with E-state index in [-0.39, 0.29) is 5.91 Å². The Labute approximate surface area is 132 Å². The van der Waals surface area contributed by atoms with Crippen molar-refractivity contribution < 1.29 is 9.53 Å². The number of anilines is 1. The van der Waals surface area contributed by atoms with Crippen LogP contribution in [0.1, 0.15) is 55.4 Å². The average Bonchev–Trinajstić information content (AvgIpc) is 2.81. The molecule has 0 spiro atoms. The Kier molecular flexibility index (Phi) is 7.09. The molecule has 1 aliphatic rings. The molecule has 1 aromatic rings. The number of nitrogens with zero attached hydrogens (tertiary/aromatic N) is 2. The third kappa shape index (κ3) is 5.60. The SMILES string of the molecule is COCCCNC(=O)c1ccc(NC2CCCCCC2)nn1. The predicted octanol–water partition coefficient (Wildman–Crippen LogP) is 2.38. The van der Waals surface area contributed by atoms with Crippen LogP contribution >= 0.6 is 0 Å². The molecule has 1 fully saturated rings. The highest BCUT2D eigenvalue weighted by atomic mass is 16.5. The third-order valence-corrected chi connectivity index (χ3v) is 3.92. The van der Waals surface area contributed by atoms with Crippen molar-refractivity contribution >= 4 is 11.7 Å². The van der Waals surface area contributed by atoms with E-state index in [4.69, 9.17) is 4.74 Å². The Hall–Kier alpha value is -1.69. The number of ether oxygens (including phenoxy) is 1. The fourth-order valence-corrected chi connectivity index (χ4v) is 2.67. The van der Waals surface area contributed by atoms with E-state index in [9.17, 15) is 4.79 Å². The van der Waals surface area contributed by atoms with Crippen LogP contribution in [0.4, 0.5) is 5.82 Å². The minimum Gasteiger partial charge on any atom is -0.385 e. The van der Waals surface area contributed by atoms with E-state index < -0.39 is 0 Å². The molecule has 0 saturated heterocycles. The van der Waals surface area contributed by atoms with Gasteiger partial charge in [-0.05, 0) is 31.4 Å². The maximum Gasteiger partial charge on any atom is 0.271 e. The monoisotopic (exact) mass is 306 g/mol. The summed E-state index contributed by atoms with van der Waals surface area (Å²) in [6, 6.07) is 4.03. The first-order valence-electron chi connectivity index (χ1n) is 8.17. The molecule has 1 amide bonds. The number of nitrogens with one attached hydrogen (secondary N) is 2. The lowest BCUT2D eigenvalue weighted by Gasteiger charge is -2.16. The fourth-order valence-electron chi connectivity index (χ4n) is 2.67. The van der Waals surface area contributed by atoms with Crippen LogP contribution in [0, 0.1) is 0 Å². The largest absolute Gasteiger partial charge is 0.385 e. The molecule has 1 saturated carbocycles. The molecule has 0 atom stereocenters. The second kappa shape index (κ2) is 9.35. The summed E-state index contributed by atoms with van der Waals surface area (Å²) in [5.41, 5.74) is 0.351. The van der Waals surface area contributed by atoms with E-state index in [2.05, 4.69) is 20.8 Å². The van der Waals surface area contributed by atoms with Gasteiger partial charge in [-0.15, -0.1) is 10.2 Å². The molecule has 0 aliphatic heterocycles. The number of carbonyl (C=O) groups excluding carboxylic acids is 1. The molecule has 122 valence electrons. The summed E-state index contributed by atoms with van der Waals surface area (Å²) in [6.07, 6.45) is 8.35. The van der Waals surface area contributed by atoms with Crippen molar-refractivity contribution in [3.05, 3.63) is 17.8 Å². The fraction of sp³-hybridized carbons (Fsp3) is 0.688. The van der Waals surface area contributed by atoms with Crippen LogP contribution in [-0.2, 0) is 4.74 Å². The highest BCUT2D eigenvalue weighted by molar-refractivity contribution is 5.92. The maximum absolute atomic E-state index is 11.9. The van der Waals surface area contributed by atoms with Gasteiger partial charge in [0.25, 0.3) is 5.91 Å². The standard InChI is InChI=1S/C16H26N4O2/c1-22-12-6-11-17-16(21)14-9-10-15(20-19-14)18-13-7-4-2-3-5-8-13/h9-10,13H,2-8,11-12H2,1H3,(H,17,21)(H,18,20). The van der Waals surface area contributed by atoms with Crippen molar-refractivity contribution in [2.75, 3.05) is 25.6 Å². The smallest absolute Gasteiger partial charge is 0.271 e. The zero-order chi connectivity index (χ0) is 15.6. The van der Waals surface area contributed by atoms with Gasteiger partial charge >= 0.3 is 0 Å². The highest BCUT2D eigenvalue weighted by Gasteiger charge is 2.13. The molecule has 2 N–H and O–H groups in total. The normalized spacial score (nSPS) is 16.0. The van der Waals surface area contributed by atoms with Crippen molar-refractivity contribution in [1.82, 2.24) is 15.5 Å². The number of amides is 1. The average molecular weight is 306 g/mol. The quantitative estimate of drug-likeness (QED) is 0.597. The molecule has 0 aromatic carbocycles. The van der Waals surface area contributed by atoms with Gasteiger partial charge in [0.1, 0.15) is 5.82 Å². The summed E-state index contributed by atoms with van der Waals surface area (Å²) >= 11 is 0. The molecule has 1 aromatic heterocycles. The van der Waals surface area contributed by atoms with Crippen molar-refractivity contribution in [2.24, 2.45) is 0 Å². The molecule has 1 heterocycles. The van der Waals surface area contributed by atoms with Crippen LogP contribution in [0.15, 0.2) is 12.1 Å². The Morgan fingerprint density at radius 3 is 2.64 bits per heavy atom. The molecular formula is C16H26N4O2. The number of aromatic nitrogens is 2. The first-order chi connectivity index (χ1) is 10.8. The van der Waals surface area contributed by atoms with Gasteiger partial charge in [0.2, 0.25) is 0 Å². The van der Waals surface area contributed by atoms with Gasteiger partial charge in [-0.3, -0.25) is 4.79 Å². The lowest BCUT2D eigenvalue weighted by atomic mass is 10.1. The van der Waals surface area contributed by atoms with Crippen molar-refractivity contribution in [2.45, 2.75) is 51.0 Å². The maximum atomic E-state index is 11.9. The van der Waals surface area contributed by atoms with E-state index in [0.29, 0.717) is 24.9 Å². The summed E-state index contributed by atoms with van der Waals surface area (Å²) in [4.78, 5) is 11.9. The zero-order valence-corrected chi connectivity index (χ0v) is 13.3. The number of rotatable bonds is 7. The van der Waals surface area contributed by atoms with Crippen molar-refractivity contribution in [3.8, 4) is 0 Å². The summed E-state index contributed by atoms with van der Waals surface area (Å²) in [5, 5.41) is 14.4. The lowest BCUT2D eigenvalue weighted by molar-refractivity contribution is 0.0942. The van der Waals surface area contributed by atoms with Crippen molar-refractivity contribution in [3.63, 3.8) is 0 Å². The number of hydrogen-bond donors (Lipinski definition) is 2. The highest BCUT2D eigenvalue weighted by Crippen LogP contribution is 2.20. The molecule has 0 bridgehead atoms. The molecule has 1 aliphatic carbocycles. The van der Waals surface area contributed by atoms with Crippen LogP contribution in [0.5, 0.6) is 0 Å². The number of methoxy groups -OCH3 is 1. The zero-order valence-electron chi connectivity index (χ0n) is 13.3. The van der Waals surface area contributed by atoms with Gasteiger partial charge in [0, 0.05) is 26.3 Å². The van der Waals surface area contributed by atoms with E-state index in [0.717, 1.165) is 12.2 Å². The van der Waals surface area contributed by atoms with Crippen LogP contribution in [0.2, 0.25) is 0 Å². The Morgan fingerprint density at radius 1 is 1.23 bits per heavy atom. The molecule has 0 unspecified atom stereocenters. The first-order valence-corrected chi connectivity index (χ1v) is 8.17. The second-order valence-corrected chi connectivity index (χ2v) is 5.74. The minimum absolute atomic E-state index is 0.190. The summed E-state index contributed by atoms with van der Waals surface area (Å²) < 4.78 is 4.94.